The highest BCUT2D eigenvalue weighted by atomic mass is 35.5. The molecule has 0 aliphatic heterocycles. The molecule has 0 aromatic carbocycles. The van der Waals surface area contributed by atoms with Crippen LogP contribution in [0, 0.1) is 18.6 Å². The maximum absolute atomic E-state index is 13.8. The van der Waals surface area contributed by atoms with Crippen molar-refractivity contribution in [3.8, 4) is 0 Å². The Bertz CT molecular complexity index is 937. The predicted molar refractivity (Wildman–Crippen MR) is 104 cm³/mol. The first-order valence-electron chi connectivity index (χ1n) is 8.15. The van der Waals surface area contributed by atoms with Gasteiger partial charge in [0, 0.05) is 36.8 Å². The highest BCUT2D eigenvalue weighted by Crippen LogP contribution is 2.26. The quantitative estimate of drug-likeness (QED) is 0.174. The number of halogens is 3. The molecule has 0 aliphatic carbocycles. The van der Waals surface area contributed by atoms with E-state index in [-0.39, 0.29) is 11.5 Å². The second kappa shape index (κ2) is 9.46. The number of anilines is 1. The van der Waals surface area contributed by atoms with Gasteiger partial charge in [0.05, 0.1) is 12.2 Å². The Labute approximate surface area is 168 Å². The van der Waals surface area contributed by atoms with Crippen molar-refractivity contribution >= 4 is 31.4 Å². The van der Waals surface area contributed by atoms with Gasteiger partial charge in [-0.15, -0.1) is 0 Å². The van der Waals surface area contributed by atoms with Crippen LogP contribution in [0.25, 0.3) is 0 Å². The van der Waals surface area contributed by atoms with E-state index in [0.29, 0.717) is 23.2 Å². The number of rotatable bonds is 7. The third kappa shape index (κ3) is 5.39. The molecule has 2 aromatic heterocycles. The second-order valence-electron chi connectivity index (χ2n) is 5.90. The lowest BCUT2D eigenvalue weighted by atomic mass is 9.95. The lowest BCUT2D eigenvalue weighted by Gasteiger charge is -2.23. The van der Waals surface area contributed by atoms with Gasteiger partial charge in [0.1, 0.15) is 36.6 Å². The van der Waals surface area contributed by atoms with E-state index in [2.05, 4.69) is 9.97 Å². The fraction of sp³-hybridized carbons (Fsp3) is 0.211. The molecule has 1 unspecified atom stereocenters. The summed E-state index contributed by atoms with van der Waals surface area (Å²) in [6.07, 6.45) is 5.65. The van der Waals surface area contributed by atoms with Gasteiger partial charge in [-0.2, -0.15) is 0 Å². The number of pyridine rings is 2. The molecule has 2 aromatic rings. The Kier molecular flexibility index (Phi) is 7.28. The maximum Gasteiger partial charge on any atom is 0.150 e. The van der Waals surface area contributed by atoms with Gasteiger partial charge in [0.15, 0.2) is 5.82 Å². The van der Waals surface area contributed by atoms with E-state index in [1.807, 2.05) is 11.8 Å². The van der Waals surface area contributed by atoms with Crippen molar-refractivity contribution in [2.45, 2.75) is 19.9 Å². The number of aromatic nitrogens is 2. The van der Waals surface area contributed by atoms with Gasteiger partial charge < -0.3 is 9.64 Å². The fourth-order valence-electron chi connectivity index (χ4n) is 2.37. The first kappa shape index (κ1) is 21.6. The smallest absolute Gasteiger partial charge is 0.150 e. The number of nitrogens with zero attached hydrogens (tertiary/aromatic N) is 3. The summed E-state index contributed by atoms with van der Waals surface area (Å²) < 4.78 is 32.3. The molecule has 28 heavy (non-hydrogen) atoms. The first-order valence-corrected chi connectivity index (χ1v) is 8.53. The van der Waals surface area contributed by atoms with Crippen LogP contribution >= 0.6 is 11.6 Å². The van der Waals surface area contributed by atoms with E-state index in [4.69, 9.17) is 24.2 Å². The number of aryl methyl sites for hydroxylation is 1. The monoisotopic (exact) mass is 403 g/mol. The van der Waals surface area contributed by atoms with Crippen molar-refractivity contribution in [3.05, 3.63) is 76.2 Å². The van der Waals surface area contributed by atoms with Crippen molar-refractivity contribution in [1.29, 1.82) is 0 Å². The SMILES string of the molecule is [B]C(OC(/C=C(/C)N(C)c1cc(Cl)ncc1C)=C/C=O)c1ncc(F)cc1F. The van der Waals surface area contributed by atoms with Crippen LogP contribution in [-0.2, 0) is 9.53 Å². The minimum atomic E-state index is -1.33. The number of hydrogen-bond donors (Lipinski definition) is 0. The normalized spacial score (nSPS) is 13.2. The molecule has 0 amide bonds. The summed E-state index contributed by atoms with van der Waals surface area (Å²) in [7, 11) is 7.61. The Morgan fingerprint density at radius 1 is 1.32 bits per heavy atom. The zero-order chi connectivity index (χ0) is 20.8. The lowest BCUT2D eigenvalue weighted by molar-refractivity contribution is -0.104. The Morgan fingerprint density at radius 3 is 2.68 bits per heavy atom. The topological polar surface area (TPSA) is 55.3 Å². The molecular weight excluding hydrogens is 386 g/mol. The summed E-state index contributed by atoms with van der Waals surface area (Å²) in [5.41, 5.74) is 2.08. The average Bonchev–Trinajstić information content (AvgIpc) is 2.63. The number of carbonyl (C=O) groups is 1. The van der Waals surface area contributed by atoms with E-state index in [0.717, 1.165) is 23.5 Å². The van der Waals surface area contributed by atoms with Crippen molar-refractivity contribution in [2.24, 2.45) is 0 Å². The third-order valence-corrected chi connectivity index (χ3v) is 4.09. The molecule has 0 spiro atoms. The minimum absolute atomic E-state index is 0.0789. The van der Waals surface area contributed by atoms with Crippen LogP contribution in [0.2, 0.25) is 5.15 Å². The minimum Gasteiger partial charge on any atom is -0.494 e. The number of carbonyl (C=O) groups excluding carboxylic acids is 1. The standard InChI is InChI=1S/C19H17BClF2N3O2/c1-11-9-24-17(21)8-16(11)26(3)12(2)6-14(4-5-27)28-19(20)18-15(23)7-13(22)10-25-18/h4-10,19H,1-3H3/b12-6-,14-4+. The van der Waals surface area contributed by atoms with Gasteiger partial charge in [-0.05, 0) is 31.6 Å². The van der Waals surface area contributed by atoms with Gasteiger partial charge in [0.25, 0.3) is 0 Å². The van der Waals surface area contributed by atoms with E-state index in [1.54, 1.807) is 32.3 Å². The summed E-state index contributed by atoms with van der Waals surface area (Å²) in [5.74, 6) is -1.70. The molecule has 2 rings (SSSR count). The highest BCUT2D eigenvalue weighted by Gasteiger charge is 2.16. The summed E-state index contributed by atoms with van der Waals surface area (Å²) in [5, 5.41) is 0.333. The molecule has 144 valence electrons. The second-order valence-corrected chi connectivity index (χ2v) is 6.29. The summed E-state index contributed by atoms with van der Waals surface area (Å²) in [4.78, 5) is 20.4. The largest absolute Gasteiger partial charge is 0.494 e. The van der Waals surface area contributed by atoms with Crippen LogP contribution in [0.15, 0.2) is 48.1 Å². The first-order chi connectivity index (χ1) is 13.2. The molecular formula is C19H17BClF2N3O2. The summed E-state index contributed by atoms with van der Waals surface area (Å²) >= 11 is 5.96. The maximum atomic E-state index is 13.8. The molecule has 0 fully saturated rings. The number of aldehydes is 1. The summed E-state index contributed by atoms with van der Waals surface area (Å²) in [6, 6.07) is 1.01. The van der Waals surface area contributed by atoms with Gasteiger partial charge in [-0.3, -0.25) is 9.78 Å². The molecule has 0 saturated carbocycles. The molecule has 2 heterocycles. The van der Waals surface area contributed by atoms with Crippen LogP contribution in [-0.4, -0.2) is 31.1 Å². The van der Waals surface area contributed by atoms with Crippen LogP contribution < -0.4 is 4.90 Å². The van der Waals surface area contributed by atoms with Crippen molar-refractivity contribution in [3.63, 3.8) is 0 Å². The number of ether oxygens (including phenoxy) is 1. The lowest BCUT2D eigenvalue weighted by Crippen LogP contribution is -2.16. The molecule has 9 heteroatoms. The zero-order valence-electron chi connectivity index (χ0n) is 15.5. The number of hydrogen-bond acceptors (Lipinski definition) is 5. The van der Waals surface area contributed by atoms with Gasteiger partial charge >= 0.3 is 0 Å². The van der Waals surface area contributed by atoms with Crippen LogP contribution in [0.1, 0.15) is 24.2 Å². The van der Waals surface area contributed by atoms with Gasteiger partial charge in [-0.1, -0.05) is 11.6 Å². The predicted octanol–water partition coefficient (Wildman–Crippen LogP) is 4.02. The van der Waals surface area contributed by atoms with Crippen molar-refractivity contribution < 1.29 is 18.3 Å². The Morgan fingerprint density at radius 2 is 2.04 bits per heavy atom. The van der Waals surface area contributed by atoms with Crippen LogP contribution in [0.3, 0.4) is 0 Å². The van der Waals surface area contributed by atoms with Crippen LogP contribution in [0.4, 0.5) is 14.5 Å². The molecule has 0 aliphatic rings. The van der Waals surface area contributed by atoms with Gasteiger partial charge in [0.2, 0.25) is 0 Å². The molecule has 1 atom stereocenters. The molecule has 0 bridgehead atoms. The Hall–Kier alpha value is -2.74. The Balaban J connectivity index is 2.26. The molecule has 0 N–H and O–H groups in total. The zero-order valence-corrected chi connectivity index (χ0v) is 16.2. The molecule has 0 saturated heterocycles. The third-order valence-electron chi connectivity index (χ3n) is 3.88. The van der Waals surface area contributed by atoms with Gasteiger partial charge in [-0.25, -0.2) is 13.8 Å². The fourth-order valence-corrected chi connectivity index (χ4v) is 2.52. The molecule has 2 radical (unpaired) electrons. The summed E-state index contributed by atoms with van der Waals surface area (Å²) in [6.45, 7) is 3.65. The van der Waals surface area contributed by atoms with E-state index in [1.165, 1.54) is 0 Å². The average molecular weight is 404 g/mol. The number of allylic oxidation sites excluding steroid dienone is 3. The van der Waals surface area contributed by atoms with Crippen LogP contribution in [0.5, 0.6) is 0 Å². The van der Waals surface area contributed by atoms with E-state index >= 15 is 0 Å². The van der Waals surface area contributed by atoms with Crippen molar-refractivity contribution in [1.82, 2.24) is 9.97 Å². The van der Waals surface area contributed by atoms with E-state index in [9.17, 15) is 13.6 Å². The molecule has 5 nitrogen and oxygen atoms in total. The van der Waals surface area contributed by atoms with Crippen molar-refractivity contribution in [2.75, 3.05) is 11.9 Å². The highest BCUT2D eigenvalue weighted by molar-refractivity contribution is 6.29. The van der Waals surface area contributed by atoms with E-state index < -0.39 is 17.6 Å².